The van der Waals surface area contributed by atoms with Gasteiger partial charge in [-0.05, 0) is 64.6 Å². The van der Waals surface area contributed by atoms with E-state index in [-0.39, 0.29) is 0 Å². The van der Waals surface area contributed by atoms with E-state index in [9.17, 15) is 0 Å². The molecule has 2 heterocycles. The van der Waals surface area contributed by atoms with Crippen molar-refractivity contribution in [2.45, 2.75) is 6.92 Å². The summed E-state index contributed by atoms with van der Waals surface area (Å²) in [4.78, 5) is 9.37. The van der Waals surface area contributed by atoms with Gasteiger partial charge in [0.2, 0.25) is 0 Å². The molecule has 0 saturated heterocycles. The van der Waals surface area contributed by atoms with Crippen LogP contribution < -0.4 is 0 Å². The minimum absolute atomic E-state index is 0.969. The SMILES string of the molecule is Cc1c(-c2ccccc2)cccc1-c1ccc(-c2cccc(-c3ccccn3)c2)c2ncccc12. The van der Waals surface area contributed by atoms with Crippen LogP contribution in [0.4, 0.5) is 0 Å². The van der Waals surface area contributed by atoms with E-state index < -0.39 is 0 Å². The van der Waals surface area contributed by atoms with Gasteiger partial charge in [-0.3, -0.25) is 9.97 Å². The van der Waals surface area contributed by atoms with Gasteiger partial charge in [-0.25, -0.2) is 0 Å². The third-order valence-corrected chi connectivity index (χ3v) is 6.61. The van der Waals surface area contributed by atoms with Gasteiger partial charge in [-0.15, -0.1) is 0 Å². The number of aromatic nitrogens is 2. The van der Waals surface area contributed by atoms with Crippen LogP contribution in [0.25, 0.3) is 55.5 Å². The highest BCUT2D eigenvalue weighted by molar-refractivity contribution is 6.03. The number of nitrogens with zero attached hydrogens (tertiary/aromatic N) is 2. The minimum Gasteiger partial charge on any atom is -0.256 e. The molecule has 0 bridgehead atoms. The highest BCUT2D eigenvalue weighted by Crippen LogP contribution is 2.38. The molecule has 35 heavy (non-hydrogen) atoms. The first-order valence-corrected chi connectivity index (χ1v) is 11.8. The summed E-state index contributed by atoms with van der Waals surface area (Å²) < 4.78 is 0. The van der Waals surface area contributed by atoms with Gasteiger partial charge in [0.05, 0.1) is 11.2 Å². The number of fused-ring (bicyclic) bond motifs is 1. The third kappa shape index (κ3) is 3.89. The van der Waals surface area contributed by atoms with Gasteiger partial charge in [-0.1, -0.05) is 91.0 Å². The Bertz CT molecular complexity index is 1640. The molecule has 0 aliphatic heterocycles. The molecule has 0 radical (unpaired) electrons. The number of rotatable bonds is 4. The average Bonchev–Trinajstić information content (AvgIpc) is 2.94. The van der Waals surface area contributed by atoms with E-state index in [1.165, 1.54) is 27.8 Å². The molecule has 0 aliphatic carbocycles. The summed E-state index contributed by atoms with van der Waals surface area (Å²) in [5.74, 6) is 0. The number of hydrogen-bond acceptors (Lipinski definition) is 2. The summed E-state index contributed by atoms with van der Waals surface area (Å²) in [5, 5.41) is 1.15. The van der Waals surface area contributed by atoms with Crippen molar-refractivity contribution in [3.63, 3.8) is 0 Å². The van der Waals surface area contributed by atoms with Gasteiger partial charge in [0.25, 0.3) is 0 Å². The zero-order valence-corrected chi connectivity index (χ0v) is 19.5. The van der Waals surface area contributed by atoms with Crippen molar-refractivity contribution in [1.82, 2.24) is 9.97 Å². The lowest BCUT2D eigenvalue weighted by Gasteiger charge is -2.16. The van der Waals surface area contributed by atoms with Gasteiger partial charge in [0.15, 0.2) is 0 Å². The lowest BCUT2D eigenvalue weighted by Crippen LogP contribution is -1.92. The predicted molar refractivity (Wildman–Crippen MR) is 146 cm³/mol. The molecule has 2 nitrogen and oxygen atoms in total. The van der Waals surface area contributed by atoms with Crippen molar-refractivity contribution in [1.29, 1.82) is 0 Å². The molecule has 0 atom stereocenters. The molecule has 2 heteroatoms. The van der Waals surface area contributed by atoms with Crippen LogP contribution in [-0.4, -0.2) is 9.97 Å². The Hall–Kier alpha value is -4.56. The highest BCUT2D eigenvalue weighted by atomic mass is 14.7. The average molecular weight is 449 g/mol. The number of hydrogen-bond donors (Lipinski definition) is 0. The summed E-state index contributed by atoms with van der Waals surface area (Å²) >= 11 is 0. The smallest absolute Gasteiger partial charge is 0.0786 e. The molecule has 6 rings (SSSR count). The van der Waals surface area contributed by atoms with Crippen LogP contribution in [0.2, 0.25) is 0 Å². The highest BCUT2D eigenvalue weighted by Gasteiger charge is 2.14. The van der Waals surface area contributed by atoms with Crippen LogP contribution in [0.15, 0.2) is 128 Å². The van der Waals surface area contributed by atoms with Crippen LogP contribution in [0.1, 0.15) is 5.56 Å². The molecule has 0 N–H and O–H groups in total. The first-order chi connectivity index (χ1) is 17.3. The van der Waals surface area contributed by atoms with E-state index in [0.29, 0.717) is 0 Å². The first-order valence-electron chi connectivity index (χ1n) is 11.8. The molecule has 166 valence electrons. The molecule has 0 saturated carbocycles. The fourth-order valence-corrected chi connectivity index (χ4v) is 4.88. The molecule has 0 aliphatic rings. The number of benzene rings is 4. The van der Waals surface area contributed by atoms with Crippen LogP contribution in [0.5, 0.6) is 0 Å². The van der Waals surface area contributed by atoms with Crippen molar-refractivity contribution in [3.8, 4) is 44.6 Å². The molecular formula is C33H24N2. The summed E-state index contributed by atoms with van der Waals surface area (Å²) in [6.45, 7) is 2.21. The lowest BCUT2D eigenvalue weighted by atomic mass is 9.89. The fraction of sp³-hybridized carbons (Fsp3) is 0.0303. The van der Waals surface area contributed by atoms with Crippen LogP contribution >= 0.6 is 0 Å². The van der Waals surface area contributed by atoms with E-state index in [1.54, 1.807) is 0 Å². The van der Waals surface area contributed by atoms with Crippen molar-refractivity contribution in [2.75, 3.05) is 0 Å². The molecule has 0 unspecified atom stereocenters. The van der Waals surface area contributed by atoms with Gasteiger partial charge < -0.3 is 0 Å². The molecule has 6 aromatic rings. The Morgan fingerprint density at radius 1 is 0.457 bits per heavy atom. The minimum atomic E-state index is 0.969. The Morgan fingerprint density at radius 2 is 1.17 bits per heavy atom. The van der Waals surface area contributed by atoms with Gasteiger partial charge in [0, 0.05) is 28.9 Å². The van der Waals surface area contributed by atoms with E-state index in [2.05, 4.69) is 103 Å². The zero-order chi connectivity index (χ0) is 23.6. The van der Waals surface area contributed by atoms with Crippen molar-refractivity contribution < 1.29 is 0 Å². The normalized spacial score (nSPS) is 11.0. The van der Waals surface area contributed by atoms with Crippen LogP contribution in [0.3, 0.4) is 0 Å². The van der Waals surface area contributed by atoms with Gasteiger partial charge in [0.1, 0.15) is 0 Å². The summed E-state index contributed by atoms with van der Waals surface area (Å²) in [7, 11) is 0. The second-order valence-electron chi connectivity index (χ2n) is 8.70. The first kappa shape index (κ1) is 21.0. The lowest BCUT2D eigenvalue weighted by molar-refractivity contribution is 1.33. The molecule has 0 amide bonds. The monoisotopic (exact) mass is 448 g/mol. The summed E-state index contributed by atoms with van der Waals surface area (Å²) in [5.41, 5.74) is 11.5. The summed E-state index contributed by atoms with van der Waals surface area (Å²) in [6, 6.07) is 40.3. The second kappa shape index (κ2) is 9.00. The molecule has 0 spiro atoms. The summed E-state index contributed by atoms with van der Waals surface area (Å²) in [6.07, 6.45) is 3.71. The Balaban J connectivity index is 1.51. The van der Waals surface area contributed by atoms with Gasteiger partial charge in [-0.2, -0.15) is 0 Å². The number of pyridine rings is 2. The van der Waals surface area contributed by atoms with E-state index in [1.807, 2.05) is 36.7 Å². The quantitative estimate of drug-likeness (QED) is 0.270. The van der Waals surface area contributed by atoms with Crippen molar-refractivity contribution in [2.24, 2.45) is 0 Å². The van der Waals surface area contributed by atoms with E-state index >= 15 is 0 Å². The maximum atomic E-state index is 4.84. The largest absolute Gasteiger partial charge is 0.256 e. The van der Waals surface area contributed by atoms with Crippen LogP contribution in [-0.2, 0) is 0 Å². The molecular weight excluding hydrogens is 424 g/mol. The zero-order valence-electron chi connectivity index (χ0n) is 19.5. The van der Waals surface area contributed by atoms with Crippen molar-refractivity contribution in [3.05, 3.63) is 133 Å². The Labute approximate surface area is 205 Å². The van der Waals surface area contributed by atoms with E-state index in [4.69, 9.17) is 4.98 Å². The Morgan fingerprint density at radius 3 is 2.03 bits per heavy atom. The van der Waals surface area contributed by atoms with Gasteiger partial charge >= 0.3 is 0 Å². The molecule has 2 aromatic heterocycles. The van der Waals surface area contributed by atoms with Crippen LogP contribution in [0, 0.1) is 6.92 Å². The third-order valence-electron chi connectivity index (χ3n) is 6.61. The topological polar surface area (TPSA) is 25.8 Å². The maximum absolute atomic E-state index is 4.84. The predicted octanol–water partition coefficient (Wildman–Crippen LogP) is 8.61. The van der Waals surface area contributed by atoms with Crippen molar-refractivity contribution >= 4 is 10.9 Å². The standard InChI is InChI=1S/C33H24N2/c1-23-27(24-10-3-2-4-11-24)14-8-15-28(23)30-19-18-29(33-31(30)16-9-21-35-33)25-12-7-13-26(22-25)32-17-5-6-20-34-32/h2-22H,1H3. The van der Waals surface area contributed by atoms with E-state index in [0.717, 1.165) is 33.3 Å². The maximum Gasteiger partial charge on any atom is 0.0786 e. The molecule has 4 aromatic carbocycles. The fourth-order valence-electron chi connectivity index (χ4n) is 4.88. The Kier molecular flexibility index (Phi) is 5.40. The second-order valence-corrected chi connectivity index (χ2v) is 8.70. The molecule has 0 fully saturated rings.